The summed E-state index contributed by atoms with van der Waals surface area (Å²) in [5, 5.41) is 3.15. The van der Waals surface area contributed by atoms with Gasteiger partial charge in [0.15, 0.2) is 0 Å². The van der Waals surface area contributed by atoms with E-state index >= 15 is 0 Å². The molecule has 1 heterocycles. The van der Waals surface area contributed by atoms with Gasteiger partial charge >= 0.3 is 0 Å². The van der Waals surface area contributed by atoms with Gasteiger partial charge in [-0.2, -0.15) is 0 Å². The number of hydrogen-bond acceptors (Lipinski definition) is 2. The molecule has 0 atom stereocenters. The third kappa shape index (κ3) is 4.91. The second-order valence-electron chi connectivity index (χ2n) is 9.98. The molecule has 0 amide bonds. The van der Waals surface area contributed by atoms with Crippen molar-refractivity contribution in [2.24, 2.45) is 0 Å². The summed E-state index contributed by atoms with van der Waals surface area (Å²) in [6.45, 7) is 0. The van der Waals surface area contributed by atoms with Crippen molar-refractivity contribution in [2.75, 3.05) is 0 Å². The number of hydrogen-bond donors (Lipinski definition) is 0. The number of rotatable bonds is 5. The van der Waals surface area contributed by atoms with E-state index in [1.165, 1.54) is 21.9 Å². The second-order valence-corrected chi connectivity index (χ2v) is 10.4. The average Bonchev–Trinajstić information content (AvgIpc) is 3.05. The molecule has 0 radical (unpaired) electrons. The van der Waals surface area contributed by atoms with Gasteiger partial charge in [0.2, 0.25) is 0 Å². The second kappa shape index (κ2) is 10.8. The van der Waals surface area contributed by atoms with Crippen molar-refractivity contribution in [3.8, 4) is 56.0 Å². The highest BCUT2D eigenvalue weighted by molar-refractivity contribution is 6.30. The molecular formula is C38H25ClN2. The largest absolute Gasteiger partial charge is 0.252 e. The predicted molar refractivity (Wildman–Crippen MR) is 172 cm³/mol. The first kappa shape index (κ1) is 25.0. The van der Waals surface area contributed by atoms with Crippen LogP contribution in [0.25, 0.3) is 66.8 Å². The minimum absolute atomic E-state index is 0.731. The van der Waals surface area contributed by atoms with E-state index in [1.807, 2.05) is 54.7 Å². The van der Waals surface area contributed by atoms with Crippen LogP contribution in [0.3, 0.4) is 0 Å². The average molecular weight is 545 g/mol. The first-order valence-electron chi connectivity index (χ1n) is 13.6. The maximum Gasteiger partial charge on any atom is 0.0972 e. The fourth-order valence-corrected chi connectivity index (χ4v) is 5.52. The Kier molecular flexibility index (Phi) is 6.60. The molecule has 0 N–H and O–H groups in total. The van der Waals surface area contributed by atoms with Gasteiger partial charge < -0.3 is 0 Å². The number of halogens is 1. The van der Waals surface area contributed by atoms with Crippen LogP contribution in [-0.4, -0.2) is 9.97 Å². The highest BCUT2D eigenvalue weighted by Crippen LogP contribution is 2.39. The smallest absolute Gasteiger partial charge is 0.0972 e. The van der Waals surface area contributed by atoms with E-state index in [-0.39, 0.29) is 0 Å². The SMILES string of the molecule is Clc1ccc(-c2c(-c3ccc(-c4cnc(-c5ccccc5)c(-c5ccccc5)n4)cc3)ccc3ccccc23)cc1. The number of fused-ring (bicyclic) bond motifs is 1. The molecule has 0 aliphatic heterocycles. The van der Waals surface area contributed by atoms with Gasteiger partial charge in [-0.3, -0.25) is 4.98 Å². The number of benzene rings is 6. The Morgan fingerprint density at radius 3 is 1.73 bits per heavy atom. The lowest BCUT2D eigenvalue weighted by molar-refractivity contribution is 1.21. The maximum absolute atomic E-state index is 6.23. The van der Waals surface area contributed by atoms with Gasteiger partial charge in [0.05, 0.1) is 23.3 Å². The predicted octanol–water partition coefficient (Wildman–Crippen LogP) is 10.6. The van der Waals surface area contributed by atoms with Crippen LogP contribution in [0.4, 0.5) is 0 Å². The topological polar surface area (TPSA) is 25.8 Å². The maximum atomic E-state index is 6.23. The summed E-state index contributed by atoms with van der Waals surface area (Å²) < 4.78 is 0. The fourth-order valence-electron chi connectivity index (χ4n) is 5.39. The molecule has 3 heteroatoms. The van der Waals surface area contributed by atoms with E-state index in [9.17, 15) is 0 Å². The normalized spacial score (nSPS) is 11.0. The molecule has 0 aliphatic carbocycles. The summed E-state index contributed by atoms with van der Waals surface area (Å²) in [4.78, 5) is 10.0. The van der Waals surface area contributed by atoms with Crippen LogP contribution in [0.5, 0.6) is 0 Å². The molecule has 2 nitrogen and oxygen atoms in total. The van der Waals surface area contributed by atoms with Crippen LogP contribution in [-0.2, 0) is 0 Å². The van der Waals surface area contributed by atoms with E-state index in [0.717, 1.165) is 49.9 Å². The molecule has 0 saturated heterocycles. The zero-order valence-electron chi connectivity index (χ0n) is 22.2. The zero-order valence-corrected chi connectivity index (χ0v) is 23.0. The van der Waals surface area contributed by atoms with Gasteiger partial charge in [-0.15, -0.1) is 0 Å². The molecule has 0 fully saturated rings. The molecule has 0 unspecified atom stereocenters. The van der Waals surface area contributed by atoms with Crippen LogP contribution in [0.1, 0.15) is 0 Å². The Hall–Kier alpha value is -5.05. The molecule has 194 valence electrons. The summed E-state index contributed by atoms with van der Waals surface area (Å²) in [5.41, 5.74) is 10.4. The van der Waals surface area contributed by atoms with E-state index in [1.54, 1.807) is 0 Å². The van der Waals surface area contributed by atoms with Gasteiger partial charge in [-0.05, 0) is 45.2 Å². The first-order chi connectivity index (χ1) is 20.2. The Balaban J connectivity index is 1.32. The summed E-state index contributed by atoms with van der Waals surface area (Å²) >= 11 is 6.23. The molecule has 6 aromatic carbocycles. The lowest BCUT2D eigenvalue weighted by Gasteiger charge is -2.15. The van der Waals surface area contributed by atoms with Crippen LogP contribution in [0.2, 0.25) is 5.02 Å². The van der Waals surface area contributed by atoms with Crippen LogP contribution < -0.4 is 0 Å². The van der Waals surface area contributed by atoms with Crippen molar-refractivity contribution in [1.29, 1.82) is 0 Å². The standard InChI is InChI=1S/C38H25ClN2/c39-32-22-19-29(20-23-32)36-33-14-8-7-9-26(33)21-24-34(36)27-15-17-28(18-16-27)35-25-40-37(30-10-3-1-4-11-30)38(41-35)31-12-5-2-6-13-31/h1-25H. The summed E-state index contributed by atoms with van der Waals surface area (Å²) in [6.07, 6.45) is 1.87. The Bertz CT molecular complexity index is 1970. The van der Waals surface area contributed by atoms with Crippen molar-refractivity contribution < 1.29 is 0 Å². The Labute approximate surface area is 244 Å². The molecule has 1 aromatic heterocycles. The van der Waals surface area contributed by atoms with Crippen molar-refractivity contribution in [1.82, 2.24) is 9.97 Å². The van der Waals surface area contributed by atoms with Gasteiger partial charge in [0.1, 0.15) is 0 Å². The van der Waals surface area contributed by atoms with E-state index in [4.69, 9.17) is 21.6 Å². The van der Waals surface area contributed by atoms with Gasteiger partial charge in [0.25, 0.3) is 0 Å². The lowest BCUT2D eigenvalue weighted by Crippen LogP contribution is -1.96. The van der Waals surface area contributed by atoms with E-state index in [0.29, 0.717) is 0 Å². The van der Waals surface area contributed by atoms with Crippen molar-refractivity contribution in [2.45, 2.75) is 0 Å². The Morgan fingerprint density at radius 2 is 1.02 bits per heavy atom. The van der Waals surface area contributed by atoms with Gasteiger partial charge in [0, 0.05) is 21.7 Å². The minimum atomic E-state index is 0.731. The molecular weight excluding hydrogens is 520 g/mol. The molecule has 0 bridgehead atoms. The first-order valence-corrected chi connectivity index (χ1v) is 14.0. The third-order valence-electron chi connectivity index (χ3n) is 7.42. The molecule has 0 saturated carbocycles. The van der Waals surface area contributed by atoms with E-state index < -0.39 is 0 Å². The third-order valence-corrected chi connectivity index (χ3v) is 7.67. The highest BCUT2D eigenvalue weighted by atomic mass is 35.5. The lowest BCUT2D eigenvalue weighted by atomic mass is 9.89. The molecule has 0 spiro atoms. The molecule has 41 heavy (non-hydrogen) atoms. The van der Waals surface area contributed by atoms with Crippen molar-refractivity contribution in [3.63, 3.8) is 0 Å². The zero-order chi connectivity index (χ0) is 27.6. The van der Waals surface area contributed by atoms with Crippen molar-refractivity contribution >= 4 is 22.4 Å². The summed E-state index contributed by atoms with van der Waals surface area (Å²) in [5.74, 6) is 0. The van der Waals surface area contributed by atoms with Gasteiger partial charge in [-0.25, -0.2) is 4.98 Å². The molecule has 7 rings (SSSR count). The van der Waals surface area contributed by atoms with E-state index in [2.05, 4.69) is 97.1 Å². The summed E-state index contributed by atoms with van der Waals surface area (Å²) in [6, 6.07) is 50.1. The Morgan fingerprint density at radius 1 is 0.439 bits per heavy atom. The monoisotopic (exact) mass is 544 g/mol. The quantitative estimate of drug-likeness (QED) is 0.215. The van der Waals surface area contributed by atoms with Gasteiger partial charge in [-0.1, -0.05) is 145 Å². The van der Waals surface area contributed by atoms with Crippen LogP contribution >= 0.6 is 11.6 Å². The highest BCUT2D eigenvalue weighted by Gasteiger charge is 2.15. The number of aromatic nitrogens is 2. The van der Waals surface area contributed by atoms with Crippen LogP contribution in [0.15, 0.2) is 152 Å². The fraction of sp³-hybridized carbons (Fsp3) is 0. The minimum Gasteiger partial charge on any atom is -0.252 e. The molecule has 0 aliphatic rings. The number of nitrogens with zero attached hydrogens (tertiary/aromatic N) is 2. The van der Waals surface area contributed by atoms with Crippen LogP contribution in [0, 0.1) is 0 Å². The van der Waals surface area contributed by atoms with Crippen molar-refractivity contribution in [3.05, 3.63) is 157 Å². The molecule has 7 aromatic rings. The summed E-state index contributed by atoms with van der Waals surface area (Å²) in [7, 11) is 0.